The van der Waals surface area contributed by atoms with E-state index in [0.717, 1.165) is 18.7 Å². The summed E-state index contributed by atoms with van der Waals surface area (Å²) in [6, 6.07) is 8.39. The highest BCUT2D eigenvalue weighted by atomic mass is 16.5. The fraction of sp³-hybridized carbons (Fsp3) is 0.667. The number of rotatable bonds is 10. The van der Waals surface area contributed by atoms with E-state index >= 15 is 0 Å². The Morgan fingerprint density at radius 1 is 1.10 bits per heavy atom. The molecule has 0 amide bonds. The number of benzene rings is 1. The summed E-state index contributed by atoms with van der Waals surface area (Å²) in [6.45, 7) is 13.0. The van der Waals surface area contributed by atoms with Gasteiger partial charge >= 0.3 is 0 Å². The SMILES string of the molecule is CCNC(COC(C)CC(C)C)c1ccccc1OCC. The highest BCUT2D eigenvalue weighted by Crippen LogP contribution is 2.26. The summed E-state index contributed by atoms with van der Waals surface area (Å²) in [7, 11) is 0. The lowest BCUT2D eigenvalue weighted by Gasteiger charge is -2.24. The number of nitrogens with one attached hydrogen (secondary N) is 1. The molecule has 21 heavy (non-hydrogen) atoms. The first kappa shape index (κ1) is 18.0. The van der Waals surface area contributed by atoms with Crippen LogP contribution in [-0.4, -0.2) is 25.9 Å². The summed E-state index contributed by atoms with van der Waals surface area (Å²) in [4.78, 5) is 0. The maximum Gasteiger partial charge on any atom is 0.124 e. The Balaban J connectivity index is 2.72. The van der Waals surface area contributed by atoms with Gasteiger partial charge in [-0.25, -0.2) is 0 Å². The molecular formula is C18H31NO2. The first-order valence-electron chi connectivity index (χ1n) is 8.15. The molecule has 1 N–H and O–H groups in total. The van der Waals surface area contributed by atoms with Gasteiger partial charge in [0.2, 0.25) is 0 Å². The van der Waals surface area contributed by atoms with Crippen molar-refractivity contribution in [1.82, 2.24) is 5.32 Å². The van der Waals surface area contributed by atoms with Crippen LogP contribution in [0.4, 0.5) is 0 Å². The minimum atomic E-state index is 0.173. The quantitative estimate of drug-likeness (QED) is 0.702. The Kier molecular flexibility index (Phi) is 8.40. The smallest absolute Gasteiger partial charge is 0.124 e. The minimum Gasteiger partial charge on any atom is -0.494 e. The predicted octanol–water partition coefficient (Wildman–Crippen LogP) is 4.19. The highest BCUT2D eigenvalue weighted by molar-refractivity contribution is 5.36. The van der Waals surface area contributed by atoms with Crippen LogP contribution in [0.5, 0.6) is 5.75 Å². The number of para-hydroxylation sites is 1. The number of hydrogen-bond acceptors (Lipinski definition) is 3. The second kappa shape index (κ2) is 9.80. The van der Waals surface area contributed by atoms with E-state index < -0.39 is 0 Å². The Hall–Kier alpha value is -1.06. The van der Waals surface area contributed by atoms with Gasteiger partial charge in [0.1, 0.15) is 5.75 Å². The van der Waals surface area contributed by atoms with Crippen LogP contribution in [0, 0.1) is 5.92 Å². The van der Waals surface area contributed by atoms with Crippen LogP contribution in [0.1, 0.15) is 52.6 Å². The van der Waals surface area contributed by atoms with Gasteiger partial charge in [-0.15, -0.1) is 0 Å². The Labute approximate surface area is 130 Å². The molecule has 1 aromatic rings. The van der Waals surface area contributed by atoms with Gasteiger partial charge in [0, 0.05) is 5.56 Å². The van der Waals surface area contributed by atoms with Crippen LogP contribution in [0.2, 0.25) is 0 Å². The van der Waals surface area contributed by atoms with Crippen LogP contribution in [0.15, 0.2) is 24.3 Å². The van der Waals surface area contributed by atoms with E-state index in [0.29, 0.717) is 19.1 Å². The van der Waals surface area contributed by atoms with Crippen LogP contribution >= 0.6 is 0 Å². The molecule has 0 heterocycles. The van der Waals surface area contributed by atoms with Gasteiger partial charge in [-0.05, 0) is 38.8 Å². The number of hydrogen-bond donors (Lipinski definition) is 1. The van der Waals surface area contributed by atoms with Crippen molar-refractivity contribution in [2.45, 2.75) is 53.2 Å². The Morgan fingerprint density at radius 3 is 2.43 bits per heavy atom. The third-order valence-corrected chi connectivity index (χ3v) is 3.40. The van der Waals surface area contributed by atoms with E-state index in [4.69, 9.17) is 9.47 Å². The molecule has 0 saturated heterocycles. The topological polar surface area (TPSA) is 30.5 Å². The fourth-order valence-corrected chi connectivity index (χ4v) is 2.55. The number of ether oxygens (including phenoxy) is 2. The van der Waals surface area contributed by atoms with Crippen LogP contribution in [0.3, 0.4) is 0 Å². The van der Waals surface area contributed by atoms with E-state index in [-0.39, 0.29) is 12.1 Å². The van der Waals surface area contributed by atoms with Gasteiger partial charge in [-0.1, -0.05) is 39.0 Å². The summed E-state index contributed by atoms with van der Waals surface area (Å²) in [5.41, 5.74) is 1.18. The van der Waals surface area contributed by atoms with E-state index in [1.54, 1.807) is 0 Å². The second-order valence-electron chi connectivity index (χ2n) is 5.85. The van der Waals surface area contributed by atoms with Gasteiger partial charge in [0.25, 0.3) is 0 Å². The monoisotopic (exact) mass is 293 g/mol. The molecule has 0 aliphatic carbocycles. The zero-order chi connectivity index (χ0) is 15.7. The van der Waals surface area contributed by atoms with Gasteiger partial charge in [-0.3, -0.25) is 0 Å². The lowest BCUT2D eigenvalue weighted by molar-refractivity contribution is 0.0368. The van der Waals surface area contributed by atoms with Gasteiger partial charge in [0.05, 0.1) is 25.4 Å². The second-order valence-corrected chi connectivity index (χ2v) is 5.85. The first-order chi connectivity index (χ1) is 10.1. The molecule has 1 rings (SSSR count). The van der Waals surface area contributed by atoms with E-state index in [2.05, 4.69) is 45.1 Å². The molecule has 0 aromatic heterocycles. The molecule has 120 valence electrons. The lowest BCUT2D eigenvalue weighted by Crippen LogP contribution is -2.28. The van der Waals surface area contributed by atoms with Gasteiger partial charge < -0.3 is 14.8 Å². The normalized spacial score (nSPS) is 14.2. The van der Waals surface area contributed by atoms with E-state index in [9.17, 15) is 0 Å². The molecule has 3 heteroatoms. The average molecular weight is 293 g/mol. The van der Waals surface area contributed by atoms with Crippen molar-refractivity contribution >= 4 is 0 Å². The fourth-order valence-electron chi connectivity index (χ4n) is 2.55. The van der Waals surface area contributed by atoms with Crippen molar-refractivity contribution in [2.24, 2.45) is 5.92 Å². The van der Waals surface area contributed by atoms with Crippen molar-refractivity contribution in [3.05, 3.63) is 29.8 Å². The summed E-state index contributed by atoms with van der Waals surface area (Å²) in [5.74, 6) is 1.61. The van der Waals surface area contributed by atoms with Crippen LogP contribution < -0.4 is 10.1 Å². The Bertz CT molecular complexity index is 393. The Morgan fingerprint density at radius 2 is 1.81 bits per heavy atom. The third kappa shape index (κ3) is 6.49. The third-order valence-electron chi connectivity index (χ3n) is 3.40. The van der Waals surface area contributed by atoms with Crippen molar-refractivity contribution in [2.75, 3.05) is 19.8 Å². The molecular weight excluding hydrogens is 262 g/mol. The predicted molar refractivity (Wildman–Crippen MR) is 88.9 cm³/mol. The molecule has 3 nitrogen and oxygen atoms in total. The highest BCUT2D eigenvalue weighted by Gasteiger charge is 2.17. The number of likely N-dealkylation sites (N-methyl/N-ethyl adjacent to an activating group) is 1. The van der Waals surface area contributed by atoms with Crippen molar-refractivity contribution in [1.29, 1.82) is 0 Å². The molecule has 0 fully saturated rings. The molecule has 0 bridgehead atoms. The summed E-state index contributed by atoms with van der Waals surface area (Å²) >= 11 is 0. The molecule has 1 aromatic carbocycles. The first-order valence-corrected chi connectivity index (χ1v) is 8.15. The van der Waals surface area contributed by atoms with E-state index in [1.807, 2.05) is 19.1 Å². The van der Waals surface area contributed by atoms with Crippen LogP contribution in [-0.2, 0) is 4.74 Å². The molecule has 0 saturated carbocycles. The molecule has 2 atom stereocenters. The summed E-state index contributed by atoms with van der Waals surface area (Å²) < 4.78 is 11.8. The molecule has 0 aliphatic rings. The van der Waals surface area contributed by atoms with Gasteiger partial charge in [0.15, 0.2) is 0 Å². The molecule has 0 radical (unpaired) electrons. The maximum absolute atomic E-state index is 6.04. The van der Waals surface area contributed by atoms with Crippen molar-refractivity contribution < 1.29 is 9.47 Å². The van der Waals surface area contributed by atoms with E-state index in [1.165, 1.54) is 5.56 Å². The molecule has 0 aliphatic heterocycles. The largest absolute Gasteiger partial charge is 0.494 e. The molecule has 2 unspecified atom stereocenters. The molecule has 0 spiro atoms. The minimum absolute atomic E-state index is 0.173. The summed E-state index contributed by atoms with van der Waals surface area (Å²) in [6.07, 6.45) is 1.37. The van der Waals surface area contributed by atoms with Crippen LogP contribution in [0.25, 0.3) is 0 Å². The van der Waals surface area contributed by atoms with Gasteiger partial charge in [-0.2, -0.15) is 0 Å². The maximum atomic E-state index is 6.04. The average Bonchev–Trinajstić information content (AvgIpc) is 2.44. The van der Waals surface area contributed by atoms with Crippen molar-refractivity contribution in [3.8, 4) is 5.75 Å². The zero-order valence-electron chi connectivity index (χ0n) is 14.2. The standard InChI is InChI=1S/C18H31NO2/c1-6-19-17(13-21-15(5)12-14(3)4)16-10-8-9-11-18(16)20-7-2/h8-11,14-15,17,19H,6-7,12-13H2,1-5H3. The summed E-state index contributed by atoms with van der Waals surface area (Å²) in [5, 5.41) is 3.50. The van der Waals surface area contributed by atoms with Crippen molar-refractivity contribution in [3.63, 3.8) is 0 Å². The zero-order valence-corrected chi connectivity index (χ0v) is 14.2. The lowest BCUT2D eigenvalue weighted by atomic mass is 10.1.